The van der Waals surface area contributed by atoms with Crippen LogP contribution in [0.25, 0.3) is 17.4 Å². The first-order valence-electron chi connectivity index (χ1n) is 10.5. The van der Waals surface area contributed by atoms with E-state index < -0.39 is 12.5 Å². The van der Waals surface area contributed by atoms with Crippen LogP contribution in [0.4, 0.5) is 20.7 Å². The number of halogens is 2. The molecule has 2 aliphatic heterocycles. The molecule has 13 heteroatoms. The van der Waals surface area contributed by atoms with Crippen molar-refractivity contribution in [2.45, 2.75) is 25.3 Å². The molecule has 170 valence electrons. The minimum absolute atomic E-state index is 0.0426. The Morgan fingerprint density at radius 2 is 2.00 bits per heavy atom. The maximum absolute atomic E-state index is 13.2. The zero-order valence-corrected chi connectivity index (χ0v) is 17.3. The van der Waals surface area contributed by atoms with Crippen molar-refractivity contribution in [3.63, 3.8) is 0 Å². The van der Waals surface area contributed by atoms with E-state index in [0.717, 1.165) is 6.42 Å². The Kier molecular flexibility index (Phi) is 5.33. The smallest absolute Gasteiger partial charge is 0.259 e. The third-order valence-corrected chi connectivity index (χ3v) is 5.84. The first-order valence-corrected chi connectivity index (χ1v) is 10.5. The lowest BCUT2D eigenvalue weighted by molar-refractivity contribution is -0.134. The van der Waals surface area contributed by atoms with Gasteiger partial charge in [-0.2, -0.15) is 19.5 Å². The minimum atomic E-state index is -2.37. The van der Waals surface area contributed by atoms with Gasteiger partial charge in [-0.1, -0.05) is 0 Å². The monoisotopic (exact) mass is 447 g/mol. The number of fused-ring (bicyclic) bond motifs is 1. The average molecular weight is 447 g/mol. The van der Waals surface area contributed by atoms with Gasteiger partial charge >= 0.3 is 0 Å². The molecular formula is C19H23F2N9O2. The number of alkyl halides is 2. The number of carbonyl (C=O) groups excluding carboxylic acids is 1. The molecule has 5 heterocycles. The number of nitrogens with two attached hydrogens (primary N) is 1. The number of hydrogen-bond donors (Lipinski definition) is 1. The molecule has 2 fully saturated rings. The van der Waals surface area contributed by atoms with Crippen molar-refractivity contribution in [3.8, 4) is 11.6 Å². The van der Waals surface area contributed by atoms with Crippen LogP contribution < -0.4 is 10.6 Å². The number of carbonyl (C=O) groups is 1. The van der Waals surface area contributed by atoms with Gasteiger partial charge in [-0.25, -0.2) is 8.78 Å². The SMILES string of the molecule is Nc1nc(N2CCCC2C(=O)N2CCN(CC(F)F)CC2)nc2nc(-c3ccco3)nn12. The third-order valence-electron chi connectivity index (χ3n) is 5.84. The number of piperazine rings is 1. The van der Waals surface area contributed by atoms with E-state index >= 15 is 0 Å². The fraction of sp³-hybridized carbons (Fsp3) is 0.526. The zero-order valence-electron chi connectivity index (χ0n) is 17.3. The van der Waals surface area contributed by atoms with Crippen LogP contribution in [0.3, 0.4) is 0 Å². The number of furan rings is 1. The van der Waals surface area contributed by atoms with Crippen molar-refractivity contribution in [1.82, 2.24) is 34.4 Å². The molecule has 3 aromatic heterocycles. The van der Waals surface area contributed by atoms with Crippen LogP contribution in [-0.2, 0) is 4.79 Å². The van der Waals surface area contributed by atoms with Crippen molar-refractivity contribution >= 4 is 23.6 Å². The number of nitrogen functional groups attached to an aromatic ring is 1. The normalized spacial score (nSPS) is 20.0. The van der Waals surface area contributed by atoms with E-state index in [-0.39, 0.29) is 24.2 Å². The number of hydrogen-bond acceptors (Lipinski definition) is 9. The number of amides is 1. The predicted octanol–water partition coefficient (Wildman–Crippen LogP) is 0.740. The first kappa shape index (κ1) is 20.5. The van der Waals surface area contributed by atoms with Gasteiger partial charge in [0.15, 0.2) is 5.76 Å². The van der Waals surface area contributed by atoms with E-state index in [1.807, 2.05) is 4.90 Å². The van der Waals surface area contributed by atoms with Crippen LogP contribution in [0, 0.1) is 0 Å². The summed E-state index contributed by atoms with van der Waals surface area (Å²) in [5.41, 5.74) is 6.10. The molecule has 1 atom stereocenters. The van der Waals surface area contributed by atoms with E-state index in [0.29, 0.717) is 56.7 Å². The van der Waals surface area contributed by atoms with E-state index in [4.69, 9.17) is 10.2 Å². The van der Waals surface area contributed by atoms with Gasteiger partial charge in [-0.3, -0.25) is 9.69 Å². The molecule has 2 N–H and O–H groups in total. The van der Waals surface area contributed by atoms with Crippen molar-refractivity contribution in [2.24, 2.45) is 0 Å². The number of rotatable bonds is 5. The second kappa shape index (κ2) is 8.30. The Morgan fingerprint density at radius 3 is 2.72 bits per heavy atom. The van der Waals surface area contributed by atoms with Gasteiger partial charge in [0, 0.05) is 32.7 Å². The highest BCUT2D eigenvalue weighted by molar-refractivity contribution is 5.85. The van der Waals surface area contributed by atoms with Gasteiger partial charge in [0.1, 0.15) is 6.04 Å². The second-order valence-electron chi connectivity index (χ2n) is 7.87. The largest absolute Gasteiger partial charge is 0.461 e. The fourth-order valence-corrected chi connectivity index (χ4v) is 4.25. The van der Waals surface area contributed by atoms with Gasteiger partial charge in [0.05, 0.1) is 12.8 Å². The summed E-state index contributed by atoms with van der Waals surface area (Å²) in [6.07, 6.45) is 0.621. The quantitative estimate of drug-likeness (QED) is 0.603. The summed E-state index contributed by atoms with van der Waals surface area (Å²) in [6, 6.07) is 3.04. The summed E-state index contributed by atoms with van der Waals surface area (Å²) in [7, 11) is 0. The van der Waals surface area contributed by atoms with Crippen LogP contribution in [-0.4, -0.2) is 92.0 Å². The molecule has 11 nitrogen and oxygen atoms in total. The molecular weight excluding hydrogens is 424 g/mol. The summed E-state index contributed by atoms with van der Waals surface area (Å²) in [4.78, 5) is 31.7. The number of anilines is 2. The van der Waals surface area contributed by atoms with Gasteiger partial charge in [-0.15, -0.1) is 5.10 Å². The molecule has 5 rings (SSSR count). The van der Waals surface area contributed by atoms with Crippen molar-refractivity contribution in [2.75, 3.05) is 49.9 Å². The van der Waals surface area contributed by atoms with Crippen molar-refractivity contribution in [1.29, 1.82) is 0 Å². The lowest BCUT2D eigenvalue weighted by Gasteiger charge is -2.37. The molecule has 0 spiro atoms. The Labute approximate surface area is 181 Å². The molecule has 0 saturated carbocycles. The van der Waals surface area contributed by atoms with Crippen LogP contribution in [0.5, 0.6) is 0 Å². The van der Waals surface area contributed by atoms with E-state index in [1.165, 1.54) is 10.8 Å². The Balaban J connectivity index is 1.34. The number of nitrogens with zero attached hydrogens (tertiary/aromatic N) is 8. The Hall–Kier alpha value is -3.35. The third kappa shape index (κ3) is 3.83. The molecule has 0 bridgehead atoms. The fourth-order valence-electron chi connectivity index (χ4n) is 4.25. The van der Waals surface area contributed by atoms with Crippen LogP contribution in [0.2, 0.25) is 0 Å². The van der Waals surface area contributed by atoms with Crippen LogP contribution in [0.1, 0.15) is 12.8 Å². The average Bonchev–Trinajstić information content (AvgIpc) is 3.53. The molecule has 1 amide bonds. The summed E-state index contributed by atoms with van der Waals surface area (Å²) >= 11 is 0. The summed E-state index contributed by atoms with van der Waals surface area (Å²) < 4.78 is 31.9. The molecule has 0 aliphatic carbocycles. The molecule has 1 unspecified atom stereocenters. The minimum Gasteiger partial charge on any atom is -0.461 e. The van der Waals surface area contributed by atoms with Gasteiger partial charge in [-0.05, 0) is 25.0 Å². The van der Waals surface area contributed by atoms with Gasteiger partial charge in [0.2, 0.25) is 23.6 Å². The standard InChI is InChI=1S/C19H23F2N9O2/c20-14(21)11-27-6-8-28(9-7-27)16(31)12-3-1-5-29(12)18-24-17(22)30-19(25-18)23-15(26-30)13-4-2-10-32-13/h2,4,10,12,14H,1,3,5-9,11H2,(H2,22,23,24,25,26). The highest BCUT2D eigenvalue weighted by atomic mass is 19.3. The summed E-state index contributed by atoms with van der Waals surface area (Å²) in [6.45, 7) is 2.07. The first-order chi connectivity index (χ1) is 15.5. The van der Waals surface area contributed by atoms with Crippen molar-refractivity contribution < 1.29 is 18.0 Å². The van der Waals surface area contributed by atoms with Crippen LogP contribution >= 0.6 is 0 Å². The molecule has 2 saturated heterocycles. The molecule has 0 radical (unpaired) electrons. The Morgan fingerprint density at radius 1 is 1.19 bits per heavy atom. The van der Waals surface area contributed by atoms with E-state index in [9.17, 15) is 13.6 Å². The summed E-state index contributed by atoms with van der Waals surface area (Å²) in [5, 5.41) is 4.29. The molecule has 0 aromatic carbocycles. The van der Waals surface area contributed by atoms with Crippen LogP contribution in [0.15, 0.2) is 22.8 Å². The highest BCUT2D eigenvalue weighted by Gasteiger charge is 2.37. The summed E-state index contributed by atoms with van der Waals surface area (Å²) in [5.74, 6) is 1.46. The molecule has 3 aromatic rings. The lowest BCUT2D eigenvalue weighted by atomic mass is 10.1. The maximum atomic E-state index is 13.2. The van der Waals surface area contributed by atoms with Gasteiger partial charge < -0.3 is 20.0 Å². The molecule has 2 aliphatic rings. The number of aromatic nitrogens is 5. The predicted molar refractivity (Wildman–Crippen MR) is 110 cm³/mol. The van der Waals surface area contributed by atoms with Crippen molar-refractivity contribution in [3.05, 3.63) is 18.4 Å². The topological polar surface area (TPSA) is 122 Å². The second-order valence-corrected chi connectivity index (χ2v) is 7.87. The maximum Gasteiger partial charge on any atom is 0.259 e. The van der Waals surface area contributed by atoms with Gasteiger partial charge in [0.25, 0.3) is 12.2 Å². The van der Waals surface area contributed by atoms with E-state index in [1.54, 1.807) is 21.9 Å². The highest BCUT2D eigenvalue weighted by Crippen LogP contribution is 2.26. The molecule has 32 heavy (non-hydrogen) atoms. The Bertz CT molecular complexity index is 1100. The van der Waals surface area contributed by atoms with E-state index in [2.05, 4.69) is 20.1 Å². The zero-order chi connectivity index (χ0) is 22.2. The lowest BCUT2D eigenvalue weighted by Crippen LogP contribution is -2.54.